The van der Waals surface area contributed by atoms with Crippen LogP contribution in [0, 0.1) is 4.77 Å². The molecular formula is C22H22N4O4S. The molecule has 1 aromatic heterocycles. The van der Waals surface area contributed by atoms with Gasteiger partial charge in [0, 0.05) is 24.4 Å². The van der Waals surface area contributed by atoms with Gasteiger partial charge in [0.05, 0.1) is 19.7 Å². The lowest BCUT2D eigenvalue weighted by Crippen LogP contribution is -2.25. The number of methoxy groups -OCH3 is 2. The Kier molecular flexibility index (Phi) is 5.85. The third-order valence-corrected chi connectivity index (χ3v) is 5.54. The number of carbonyl (C=O) groups excluding carboxylic acids is 2. The van der Waals surface area contributed by atoms with E-state index in [1.54, 1.807) is 30.9 Å². The van der Waals surface area contributed by atoms with Crippen LogP contribution < -0.4 is 20.1 Å². The van der Waals surface area contributed by atoms with Crippen molar-refractivity contribution in [2.24, 2.45) is 0 Å². The molecule has 2 N–H and O–H groups in total. The average molecular weight is 439 g/mol. The molecule has 0 radical (unpaired) electrons. The number of hydrogen-bond donors (Lipinski definition) is 2. The molecule has 0 bridgehead atoms. The Balaban J connectivity index is 1.55. The highest BCUT2D eigenvalue weighted by molar-refractivity contribution is 7.71. The van der Waals surface area contributed by atoms with Crippen LogP contribution in [-0.2, 0) is 16.1 Å². The van der Waals surface area contributed by atoms with Crippen molar-refractivity contribution in [1.29, 1.82) is 0 Å². The van der Waals surface area contributed by atoms with Gasteiger partial charge in [0.15, 0.2) is 11.5 Å². The van der Waals surface area contributed by atoms with Crippen molar-refractivity contribution in [3.8, 4) is 11.5 Å². The third-order valence-electron chi connectivity index (χ3n) is 5.25. The smallest absolute Gasteiger partial charge is 0.248 e. The molecule has 1 atom stereocenters. The van der Waals surface area contributed by atoms with Crippen LogP contribution in [0.5, 0.6) is 11.5 Å². The van der Waals surface area contributed by atoms with Crippen LogP contribution >= 0.6 is 12.2 Å². The standard InChI is InChI=1S/C22H22N4O4S/c1-29-17-10-14-15(11-18(17)30-2)24-22(31)26-16(21(28)25-20(14)26)8-9-19(27)23-12-13-6-4-3-5-7-13/h3-7,10-11,16H,8-9,12H2,1-2H3,(H,23,27)(H,25,28). The van der Waals surface area contributed by atoms with Crippen molar-refractivity contribution in [2.45, 2.75) is 25.4 Å². The van der Waals surface area contributed by atoms with Crippen LogP contribution in [0.3, 0.4) is 0 Å². The van der Waals surface area contributed by atoms with E-state index in [1.165, 1.54) is 0 Å². The molecule has 0 saturated heterocycles. The molecular weight excluding hydrogens is 416 g/mol. The van der Waals surface area contributed by atoms with Crippen LogP contribution in [0.1, 0.15) is 24.4 Å². The summed E-state index contributed by atoms with van der Waals surface area (Å²) < 4.78 is 12.6. The number of nitrogens with zero attached hydrogens (tertiary/aromatic N) is 2. The fourth-order valence-electron chi connectivity index (χ4n) is 3.68. The Bertz CT molecular complexity index is 1210. The van der Waals surface area contributed by atoms with Crippen molar-refractivity contribution in [3.05, 3.63) is 52.8 Å². The molecule has 2 amide bonds. The molecule has 160 valence electrons. The summed E-state index contributed by atoms with van der Waals surface area (Å²) in [5.41, 5.74) is 1.61. The van der Waals surface area contributed by atoms with E-state index in [0.717, 1.165) is 5.56 Å². The number of fused-ring (bicyclic) bond motifs is 3. The average Bonchev–Trinajstić information content (AvgIpc) is 3.13. The van der Waals surface area contributed by atoms with E-state index < -0.39 is 6.04 Å². The minimum atomic E-state index is -0.602. The topological polar surface area (TPSA) is 94.5 Å². The summed E-state index contributed by atoms with van der Waals surface area (Å²) in [5, 5.41) is 6.46. The fourth-order valence-corrected chi connectivity index (χ4v) is 4.00. The van der Waals surface area contributed by atoms with Gasteiger partial charge >= 0.3 is 0 Å². The summed E-state index contributed by atoms with van der Waals surface area (Å²) in [6, 6.07) is 12.5. The van der Waals surface area contributed by atoms with Crippen molar-refractivity contribution in [1.82, 2.24) is 14.9 Å². The van der Waals surface area contributed by atoms with Crippen molar-refractivity contribution in [3.63, 3.8) is 0 Å². The molecule has 2 aromatic carbocycles. The van der Waals surface area contributed by atoms with Gasteiger partial charge < -0.3 is 20.1 Å². The molecule has 1 unspecified atom stereocenters. The summed E-state index contributed by atoms with van der Waals surface area (Å²) in [7, 11) is 3.09. The number of aromatic nitrogens is 2. The van der Waals surface area contributed by atoms with Gasteiger partial charge in [0.1, 0.15) is 11.9 Å². The monoisotopic (exact) mass is 438 g/mol. The number of rotatable bonds is 7. The van der Waals surface area contributed by atoms with Crippen molar-refractivity contribution < 1.29 is 19.1 Å². The Hall–Kier alpha value is -3.46. The van der Waals surface area contributed by atoms with Crippen LogP contribution in [0.15, 0.2) is 42.5 Å². The highest BCUT2D eigenvalue weighted by Gasteiger charge is 2.32. The predicted octanol–water partition coefficient (Wildman–Crippen LogP) is 3.37. The van der Waals surface area contributed by atoms with Gasteiger partial charge in [0.25, 0.3) is 0 Å². The lowest BCUT2D eigenvalue weighted by atomic mass is 10.1. The second-order valence-electron chi connectivity index (χ2n) is 7.14. The van der Waals surface area contributed by atoms with Crippen molar-refractivity contribution in [2.75, 3.05) is 19.5 Å². The summed E-state index contributed by atoms with van der Waals surface area (Å²) in [6.45, 7) is 0.445. The molecule has 0 spiro atoms. The zero-order chi connectivity index (χ0) is 22.0. The second-order valence-corrected chi connectivity index (χ2v) is 7.51. The molecule has 0 saturated carbocycles. The number of benzene rings is 2. The number of carbonyl (C=O) groups is 2. The Morgan fingerprint density at radius 1 is 1.19 bits per heavy atom. The molecule has 8 nitrogen and oxygen atoms in total. The minimum absolute atomic E-state index is 0.128. The lowest BCUT2D eigenvalue weighted by molar-refractivity contribution is -0.122. The molecule has 9 heteroatoms. The SMILES string of the molecule is COc1cc2nc(=S)n3c(c2cc1OC)NC(=O)C3CCC(=O)NCc1ccccc1. The molecule has 4 rings (SSSR count). The first-order valence-corrected chi connectivity index (χ1v) is 10.2. The predicted molar refractivity (Wildman–Crippen MR) is 119 cm³/mol. The van der Waals surface area contributed by atoms with Gasteiger partial charge in [-0.3, -0.25) is 14.2 Å². The number of nitrogens with one attached hydrogen (secondary N) is 2. The zero-order valence-electron chi connectivity index (χ0n) is 17.2. The highest BCUT2D eigenvalue weighted by Crippen LogP contribution is 2.38. The van der Waals surface area contributed by atoms with Crippen LogP contribution in [0.25, 0.3) is 10.9 Å². The van der Waals surface area contributed by atoms with Crippen molar-refractivity contribution >= 4 is 40.8 Å². The Labute approximate surface area is 184 Å². The summed E-state index contributed by atoms with van der Waals surface area (Å²) in [4.78, 5) is 29.5. The van der Waals surface area contributed by atoms with E-state index in [4.69, 9.17) is 21.7 Å². The van der Waals surface area contributed by atoms with Gasteiger partial charge in [-0.1, -0.05) is 30.3 Å². The second kappa shape index (κ2) is 8.73. The molecule has 0 fully saturated rings. The van der Waals surface area contributed by atoms with Gasteiger partial charge in [-0.2, -0.15) is 0 Å². The van der Waals surface area contributed by atoms with Crippen LogP contribution in [0.4, 0.5) is 5.82 Å². The molecule has 3 aromatic rings. The van der Waals surface area contributed by atoms with E-state index in [2.05, 4.69) is 15.6 Å². The largest absolute Gasteiger partial charge is 0.493 e. The Morgan fingerprint density at radius 3 is 2.61 bits per heavy atom. The van der Waals surface area contributed by atoms with E-state index in [0.29, 0.717) is 41.2 Å². The van der Waals surface area contributed by atoms with Gasteiger partial charge in [-0.25, -0.2) is 4.98 Å². The lowest BCUT2D eigenvalue weighted by Gasteiger charge is -2.14. The van der Waals surface area contributed by atoms with Crippen LogP contribution in [0.2, 0.25) is 0 Å². The van der Waals surface area contributed by atoms with Gasteiger partial charge in [0.2, 0.25) is 16.6 Å². The summed E-state index contributed by atoms with van der Waals surface area (Å²) in [6.07, 6.45) is 0.504. The molecule has 1 aliphatic rings. The molecule has 0 aliphatic carbocycles. The zero-order valence-corrected chi connectivity index (χ0v) is 18.0. The number of amides is 2. The number of ether oxygens (including phenoxy) is 2. The van der Waals surface area contributed by atoms with E-state index in [1.807, 2.05) is 30.3 Å². The minimum Gasteiger partial charge on any atom is -0.493 e. The van der Waals surface area contributed by atoms with Gasteiger partial charge in [-0.05, 0) is 30.3 Å². The molecule has 1 aliphatic heterocycles. The van der Waals surface area contributed by atoms with E-state index in [9.17, 15) is 9.59 Å². The summed E-state index contributed by atoms with van der Waals surface area (Å²) >= 11 is 5.46. The summed E-state index contributed by atoms with van der Waals surface area (Å²) in [5.74, 6) is 1.26. The molecule has 31 heavy (non-hydrogen) atoms. The first-order chi connectivity index (χ1) is 15.0. The maximum Gasteiger partial charge on any atom is 0.248 e. The normalized spacial score (nSPS) is 14.8. The Morgan fingerprint density at radius 2 is 1.90 bits per heavy atom. The maximum absolute atomic E-state index is 12.7. The van der Waals surface area contributed by atoms with Gasteiger partial charge in [-0.15, -0.1) is 0 Å². The highest BCUT2D eigenvalue weighted by atomic mass is 32.1. The first kappa shape index (κ1) is 20.8. The molecule has 2 heterocycles. The maximum atomic E-state index is 12.7. The van der Waals surface area contributed by atoms with Crippen LogP contribution in [-0.4, -0.2) is 35.6 Å². The number of anilines is 1. The van der Waals surface area contributed by atoms with E-state index >= 15 is 0 Å². The van der Waals surface area contributed by atoms with E-state index in [-0.39, 0.29) is 23.0 Å². The first-order valence-electron chi connectivity index (χ1n) is 9.81. The number of hydrogen-bond acceptors (Lipinski definition) is 6. The fraction of sp³-hybridized carbons (Fsp3) is 0.273. The quantitative estimate of drug-likeness (QED) is 0.550. The third kappa shape index (κ3) is 4.09.